The third-order valence-corrected chi connectivity index (χ3v) is 2.58. The fraction of sp³-hybridized carbons (Fsp3) is 0.429. The van der Waals surface area contributed by atoms with Gasteiger partial charge in [-0.1, -0.05) is 18.2 Å². The number of para-hydroxylation sites is 1. The van der Waals surface area contributed by atoms with Crippen LogP contribution in [0, 0.1) is 0 Å². The van der Waals surface area contributed by atoms with Gasteiger partial charge in [0.1, 0.15) is 12.3 Å². The van der Waals surface area contributed by atoms with E-state index in [1.54, 1.807) is 12.1 Å². The van der Waals surface area contributed by atoms with Crippen LogP contribution in [0.2, 0.25) is 0 Å². The minimum absolute atomic E-state index is 0.0643. The van der Waals surface area contributed by atoms with Crippen LogP contribution in [-0.2, 0) is 14.3 Å². The van der Waals surface area contributed by atoms with Crippen LogP contribution in [0.5, 0.6) is 5.75 Å². The standard InChI is InChI=1S/C14H19NO4/c1-11(2)15(9-14(17)18-3)13(16)10-19-12-7-5-4-6-8-12/h4-8,11H,9-10H2,1-3H3. The lowest BCUT2D eigenvalue weighted by atomic mass is 10.3. The molecule has 0 spiro atoms. The van der Waals surface area contributed by atoms with E-state index >= 15 is 0 Å². The Labute approximate surface area is 113 Å². The van der Waals surface area contributed by atoms with E-state index in [9.17, 15) is 9.59 Å². The molecule has 0 saturated carbocycles. The minimum atomic E-state index is -0.443. The van der Waals surface area contributed by atoms with E-state index in [1.807, 2.05) is 32.0 Å². The van der Waals surface area contributed by atoms with Gasteiger partial charge in [-0.05, 0) is 26.0 Å². The second-order valence-electron chi connectivity index (χ2n) is 4.29. The summed E-state index contributed by atoms with van der Waals surface area (Å²) in [5.74, 6) is -0.0661. The van der Waals surface area contributed by atoms with Gasteiger partial charge < -0.3 is 14.4 Å². The molecule has 19 heavy (non-hydrogen) atoms. The van der Waals surface area contributed by atoms with Gasteiger partial charge in [0, 0.05) is 6.04 Å². The minimum Gasteiger partial charge on any atom is -0.484 e. The zero-order chi connectivity index (χ0) is 14.3. The van der Waals surface area contributed by atoms with Crippen molar-refractivity contribution < 1.29 is 19.1 Å². The summed E-state index contributed by atoms with van der Waals surface area (Å²) in [5.41, 5.74) is 0. The smallest absolute Gasteiger partial charge is 0.325 e. The van der Waals surface area contributed by atoms with Gasteiger partial charge in [-0.2, -0.15) is 0 Å². The maximum atomic E-state index is 12.0. The summed E-state index contributed by atoms with van der Waals surface area (Å²) in [6.07, 6.45) is 0. The highest BCUT2D eigenvalue weighted by Crippen LogP contribution is 2.09. The summed E-state index contributed by atoms with van der Waals surface area (Å²) in [6, 6.07) is 8.97. The van der Waals surface area contributed by atoms with Crippen molar-refractivity contribution >= 4 is 11.9 Å². The summed E-state index contributed by atoms with van der Waals surface area (Å²) >= 11 is 0. The average Bonchev–Trinajstić information content (AvgIpc) is 2.42. The molecular weight excluding hydrogens is 246 g/mol. The molecule has 0 aliphatic heterocycles. The Morgan fingerprint density at radius 1 is 1.21 bits per heavy atom. The number of rotatable bonds is 6. The number of ether oxygens (including phenoxy) is 2. The van der Waals surface area contributed by atoms with E-state index in [0.717, 1.165) is 0 Å². The summed E-state index contributed by atoms with van der Waals surface area (Å²) in [4.78, 5) is 24.7. The molecule has 0 radical (unpaired) electrons. The van der Waals surface area contributed by atoms with Gasteiger partial charge in [-0.15, -0.1) is 0 Å². The normalized spacial score (nSPS) is 10.1. The van der Waals surface area contributed by atoms with E-state index in [2.05, 4.69) is 4.74 Å². The first-order valence-corrected chi connectivity index (χ1v) is 6.08. The van der Waals surface area contributed by atoms with Crippen LogP contribution in [0.15, 0.2) is 30.3 Å². The molecule has 5 nitrogen and oxygen atoms in total. The highest BCUT2D eigenvalue weighted by Gasteiger charge is 2.20. The van der Waals surface area contributed by atoms with E-state index in [4.69, 9.17) is 4.74 Å². The summed E-state index contributed by atoms with van der Waals surface area (Å²) in [5, 5.41) is 0. The number of amides is 1. The third kappa shape index (κ3) is 4.99. The quantitative estimate of drug-likeness (QED) is 0.731. The van der Waals surface area contributed by atoms with Gasteiger partial charge in [0.05, 0.1) is 7.11 Å². The highest BCUT2D eigenvalue weighted by molar-refractivity contribution is 5.83. The Bertz CT molecular complexity index is 417. The largest absolute Gasteiger partial charge is 0.484 e. The van der Waals surface area contributed by atoms with Crippen molar-refractivity contribution in [2.24, 2.45) is 0 Å². The topological polar surface area (TPSA) is 55.8 Å². The summed E-state index contributed by atoms with van der Waals surface area (Å²) in [6.45, 7) is 3.51. The zero-order valence-corrected chi connectivity index (χ0v) is 11.5. The molecule has 0 aromatic heterocycles. The molecule has 0 saturated heterocycles. The Balaban J connectivity index is 2.55. The average molecular weight is 265 g/mol. The molecule has 0 aliphatic carbocycles. The molecule has 0 fully saturated rings. The van der Waals surface area contributed by atoms with Crippen LogP contribution in [0.3, 0.4) is 0 Å². The third-order valence-electron chi connectivity index (χ3n) is 2.58. The van der Waals surface area contributed by atoms with Crippen LogP contribution >= 0.6 is 0 Å². The maximum absolute atomic E-state index is 12.0. The molecule has 1 amide bonds. The van der Waals surface area contributed by atoms with Gasteiger partial charge in [0.2, 0.25) is 0 Å². The predicted molar refractivity (Wildman–Crippen MR) is 70.8 cm³/mol. The second kappa shape index (κ2) is 7.41. The molecule has 0 heterocycles. The Kier molecular flexibility index (Phi) is 5.85. The van der Waals surface area contributed by atoms with E-state index in [1.165, 1.54) is 12.0 Å². The fourth-order valence-corrected chi connectivity index (χ4v) is 1.51. The molecule has 0 bridgehead atoms. The van der Waals surface area contributed by atoms with Crippen molar-refractivity contribution in [2.45, 2.75) is 19.9 Å². The number of esters is 1. The van der Waals surface area contributed by atoms with Crippen LogP contribution in [0.4, 0.5) is 0 Å². The van der Waals surface area contributed by atoms with Crippen LogP contribution in [0.1, 0.15) is 13.8 Å². The van der Waals surface area contributed by atoms with E-state index < -0.39 is 5.97 Å². The first kappa shape index (κ1) is 15.0. The summed E-state index contributed by atoms with van der Waals surface area (Å²) < 4.78 is 9.94. The van der Waals surface area contributed by atoms with Crippen molar-refractivity contribution in [3.05, 3.63) is 30.3 Å². The monoisotopic (exact) mass is 265 g/mol. The molecule has 5 heteroatoms. The first-order valence-electron chi connectivity index (χ1n) is 6.08. The Morgan fingerprint density at radius 2 is 1.84 bits per heavy atom. The predicted octanol–water partition coefficient (Wildman–Crippen LogP) is 1.48. The van der Waals surface area contributed by atoms with Gasteiger partial charge in [0.25, 0.3) is 5.91 Å². The molecule has 0 unspecified atom stereocenters. The molecule has 1 aromatic rings. The number of nitrogens with zero attached hydrogens (tertiary/aromatic N) is 1. The van der Waals surface area contributed by atoms with Crippen molar-refractivity contribution in [1.29, 1.82) is 0 Å². The van der Waals surface area contributed by atoms with Crippen LogP contribution in [0.25, 0.3) is 0 Å². The molecule has 0 aliphatic rings. The maximum Gasteiger partial charge on any atom is 0.325 e. The van der Waals surface area contributed by atoms with Crippen molar-refractivity contribution in [3.63, 3.8) is 0 Å². The van der Waals surface area contributed by atoms with Crippen LogP contribution < -0.4 is 4.74 Å². The van der Waals surface area contributed by atoms with Crippen molar-refractivity contribution in [2.75, 3.05) is 20.3 Å². The van der Waals surface area contributed by atoms with E-state index in [-0.39, 0.29) is 25.1 Å². The van der Waals surface area contributed by atoms with Crippen molar-refractivity contribution in [3.8, 4) is 5.75 Å². The van der Waals surface area contributed by atoms with Crippen LogP contribution in [-0.4, -0.2) is 43.1 Å². The van der Waals surface area contributed by atoms with Gasteiger partial charge in [0.15, 0.2) is 6.61 Å². The number of methoxy groups -OCH3 is 1. The van der Waals surface area contributed by atoms with Gasteiger partial charge in [-0.3, -0.25) is 9.59 Å². The fourth-order valence-electron chi connectivity index (χ4n) is 1.51. The molecule has 0 atom stereocenters. The zero-order valence-electron chi connectivity index (χ0n) is 11.5. The molecule has 104 valence electrons. The molecule has 1 rings (SSSR count). The van der Waals surface area contributed by atoms with Crippen molar-refractivity contribution in [1.82, 2.24) is 4.90 Å². The Hall–Kier alpha value is -2.04. The number of benzene rings is 1. The SMILES string of the molecule is COC(=O)CN(C(=O)COc1ccccc1)C(C)C. The van der Waals surface area contributed by atoms with Gasteiger partial charge in [-0.25, -0.2) is 0 Å². The Morgan fingerprint density at radius 3 is 2.37 bits per heavy atom. The molecular formula is C14H19NO4. The lowest BCUT2D eigenvalue weighted by Crippen LogP contribution is -2.43. The first-order chi connectivity index (χ1) is 9.04. The van der Waals surface area contributed by atoms with E-state index in [0.29, 0.717) is 5.75 Å². The lowest BCUT2D eigenvalue weighted by Gasteiger charge is -2.25. The number of hydrogen-bond donors (Lipinski definition) is 0. The molecule has 0 N–H and O–H groups in total. The summed E-state index contributed by atoms with van der Waals surface area (Å²) in [7, 11) is 1.30. The second-order valence-corrected chi connectivity index (χ2v) is 4.29. The lowest BCUT2D eigenvalue weighted by molar-refractivity contribution is -0.149. The number of carbonyl (C=O) groups excluding carboxylic acids is 2. The number of carbonyl (C=O) groups is 2. The number of hydrogen-bond acceptors (Lipinski definition) is 4. The van der Waals surface area contributed by atoms with Gasteiger partial charge >= 0.3 is 5.97 Å². The molecule has 1 aromatic carbocycles. The highest BCUT2D eigenvalue weighted by atomic mass is 16.5.